The van der Waals surface area contributed by atoms with E-state index in [-0.39, 0.29) is 11.6 Å². The molecule has 19 heavy (non-hydrogen) atoms. The molecule has 0 spiro atoms. The van der Waals surface area contributed by atoms with E-state index < -0.39 is 0 Å². The van der Waals surface area contributed by atoms with Crippen LogP contribution in [-0.2, 0) is 11.2 Å². The number of nitrogens with two attached hydrogens (primary N) is 1. The third-order valence-corrected chi connectivity index (χ3v) is 4.19. The molecule has 1 aliphatic rings. The molecule has 0 aromatic heterocycles. The van der Waals surface area contributed by atoms with Crippen molar-refractivity contribution in [1.82, 2.24) is 4.90 Å². The lowest BCUT2D eigenvalue weighted by Crippen LogP contribution is -2.58. The number of rotatable bonds is 4. The van der Waals surface area contributed by atoms with E-state index in [9.17, 15) is 0 Å². The van der Waals surface area contributed by atoms with Gasteiger partial charge in [-0.15, -0.1) is 0 Å². The first kappa shape index (κ1) is 14.8. The molecule has 1 aromatic carbocycles. The molecule has 0 bridgehead atoms. The zero-order chi connectivity index (χ0) is 13.9. The molecule has 1 saturated heterocycles. The summed E-state index contributed by atoms with van der Waals surface area (Å²) < 4.78 is 5.61. The molecule has 106 valence electrons. The van der Waals surface area contributed by atoms with Crippen LogP contribution < -0.4 is 5.73 Å². The molecule has 0 aliphatic carbocycles. The van der Waals surface area contributed by atoms with Crippen molar-refractivity contribution in [3.05, 3.63) is 34.9 Å². The van der Waals surface area contributed by atoms with Gasteiger partial charge in [0.05, 0.1) is 12.7 Å². The standard InChI is InChI=1S/C15H23ClN2O/c1-12-10-18(7-8-19-12)15(2,11-17)9-13-3-5-14(16)6-4-13/h3-6,12H,7-11,17H2,1-2H3. The van der Waals surface area contributed by atoms with E-state index in [0.29, 0.717) is 6.54 Å². The molecule has 2 rings (SSSR count). The van der Waals surface area contributed by atoms with Gasteiger partial charge in [0.15, 0.2) is 0 Å². The largest absolute Gasteiger partial charge is 0.376 e. The number of hydrogen-bond donors (Lipinski definition) is 1. The van der Waals surface area contributed by atoms with E-state index in [2.05, 4.69) is 30.9 Å². The van der Waals surface area contributed by atoms with E-state index in [1.165, 1.54) is 5.56 Å². The minimum Gasteiger partial charge on any atom is -0.376 e. The maximum atomic E-state index is 6.05. The van der Waals surface area contributed by atoms with Crippen LogP contribution in [0.15, 0.2) is 24.3 Å². The van der Waals surface area contributed by atoms with E-state index >= 15 is 0 Å². The summed E-state index contributed by atoms with van der Waals surface area (Å²) in [5.41, 5.74) is 7.31. The summed E-state index contributed by atoms with van der Waals surface area (Å²) in [7, 11) is 0. The van der Waals surface area contributed by atoms with Gasteiger partial charge in [0.1, 0.15) is 0 Å². The van der Waals surface area contributed by atoms with Crippen molar-refractivity contribution >= 4 is 11.6 Å². The highest BCUT2D eigenvalue weighted by Gasteiger charge is 2.33. The van der Waals surface area contributed by atoms with Crippen molar-refractivity contribution in [2.24, 2.45) is 5.73 Å². The van der Waals surface area contributed by atoms with Gasteiger partial charge in [0.2, 0.25) is 0 Å². The average molecular weight is 283 g/mol. The summed E-state index contributed by atoms with van der Waals surface area (Å²) in [5, 5.41) is 0.776. The van der Waals surface area contributed by atoms with Crippen molar-refractivity contribution in [3.8, 4) is 0 Å². The Balaban J connectivity index is 2.10. The minimum atomic E-state index is -0.0220. The fraction of sp³-hybridized carbons (Fsp3) is 0.600. The SMILES string of the molecule is CC1CN(C(C)(CN)Cc2ccc(Cl)cc2)CCO1. The number of ether oxygens (including phenoxy) is 1. The van der Waals surface area contributed by atoms with Crippen LogP contribution in [0.25, 0.3) is 0 Å². The molecule has 4 heteroatoms. The number of halogens is 1. The van der Waals surface area contributed by atoms with Gasteiger partial charge in [0.25, 0.3) is 0 Å². The quantitative estimate of drug-likeness (QED) is 0.921. The van der Waals surface area contributed by atoms with Crippen LogP contribution in [0.5, 0.6) is 0 Å². The third kappa shape index (κ3) is 3.69. The Morgan fingerprint density at radius 3 is 2.68 bits per heavy atom. The monoisotopic (exact) mass is 282 g/mol. The van der Waals surface area contributed by atoms with Crippen LogP contribution in [0, 0.1) is 0 Å². The summed E-state index contributed by atoms with van der Waals surface area (Å²) in [4.78, 5) is 2.45. The summed E-state index contributed by atoms with van der Waals surface area (Å²) in [5.74, 6) is 0. The Bertz CT molecular complexity index is 409. The molecule has 1 fully saturated rings. The second-order valence-electron chi connectivity index (χ2n) is 5.63. The van der Waals surface area contributed by atoms with Crippen LogP contribution in [0.3, 0.4) is 0 Å². The number of morpholine rings is 1. The van der Waals surface area contributed by atoms with Crippen LogP contribution in [-0.4, -0.2) is 42.8 Å². The molecule has 2 atom stereocenters. The lowest BCUT2D eigenvalue weighted by Gasteiger charge is -2.44. The second kappa shape index (κ2) is 6.23. The molecule has 2 N–H and O–H groups in total. The van der Waals surface area contributed by atoms with Gasteiger partial charge in [-0.25, -0.2) is 0 Å². The summed E-state index contributed by atoms with van der Waals surface area (Å²) in [6, 6.07) is 8.05. The third-order valence-electron chi connectivity index (χ3n) is 3.94. The minimum absolute atomic E-state index is 0.0220. The molecule has 0 amide bonds. The van der Waals surface area contributed by atoms with Crippen LogP contribution >= 0.6 is 11.6 Å². The van der Waals surface area contributed by atoms with E-state index in [1.54, 1.807) is 0 Å². The Hall–Kier alpha value is -0.610. The van der Waals surface area contributed by atoms with E-state index in [0.717, 1.165) is 31.1 Å². The van der Waals surface area contributed by atoms with Crippen molar-refractivity contribution in [2.75, 3.05) is 26.2 Å². The first-order valence-corrected chi connectivity index (χ1v) is 7.22. The van der Waals surface area contributed by atoms with E-state index in [1.807, 2.05) is 12.1 Å². The fourth-order valence-corrected chi connectivity index (χ4v) is 2.79. The zero-order valence-electron chi connectivity index (χ0n) is 11.7. The molecule has 1 aliphatic heterocycles. The maximum absolute atomic E-state index is 6.05. The predicted molar refractivity (Wildman–Crippen MR) is 79.6 cm³/mol. The molecule has 1 aromatic rings. The van der Waals surface area contributed by atoms with Crippen LogP contribution in [0.1, 0.15) is 19.4 Å². The van der Waals surface area contributed by atoms with Gasteiger partial charge in [-0.3, -0.25) is 4.90 Å². The number of nitrogens with zero attached hydrogens (tertiary/aromatic N) is 1. The Morgan fingerprint density at radius 1 is 1.42 bits per heavy atom. The molecule has 0 saturated carbocycles. The average Bonchev–Trinajstić information content (AvgIpc) is 2.41. The molecule has 0 radical (unpaired) electrons. The summed E-state index contributed by atoms with van der Waals surface area (Å²) in [6.07, 6.45) is 1.22. The number of benzene rings is 1. The maximum Gasteiger partial charge on any atom is 0.0674 e. The van der Waals surface area contributed by atoms with E-state index in [4.69, 9.17) is 22.1 Å². The molecular formula is C15H23ClN2O. The zero-order valence-corrected chi connectivity index (χ0v) is 12.5. The van der Waals surface area contributed by atoms with Gasteiger partial charge in [-0.1, -0.05) is 23.7 Å². The first-order valence-electron chi connectivity index (χ1n) is 6.85. The van der Waals surface area contributed by atoms with Gasteiger partial charge in [0, 0.05) is 30.2 Å². The molecule has 3 nitrogen and oxygen atoms in total. The highest BCUT2D eigenvalue weighted by molar-refractivity contribution is 6.30. The lowest BCUT2D eigenvalue weighted by atomic mass is 9.90. The Morgan fingerprint density at radius 2 is 2.11 bits per heavy atom. The van der Waals surface area contributed by atoms with Crippen molar-refractivity contribution < 1.29 is 4.74 Å². The predicted octanol–water partition coefficient (Wildman–Crippen LogP) is 2.32. The number of hydrogen-bond acceptors (Lipinski definition) is 3. The van der Waals surface area contributed by atoms with Crippen molar-refractivity contribution in [3.63, 3.8) is 0 Å². The van der Waals surface area contributed by atoms with Gasteiger partial charge >= 0.3 is 0 Å². The topological polar surface area (TPSA) is 38.5 Å². The summed E-state index contributed by atoms with van der Waals surface area (Å²) >= 11 is 5.93. The Labute approximate surface area is 120 Å². The lowest BCUT2D eigenvalue weighted by molar-refractivity contribution is -0.0560. The molecule has 1 heterocycles. The smallest absolute Gasteiger partial charge is 0.0674 e. The van der Waals surface area contributed by atoms with Crippen molar-refractivity contribution in [1.29, 1.82) is 0 Å². The fourth-order valence-electron chi connectivity index (χ4n) is 2.66. The highest BCUT2D eigenvalue weighted by Crippen LogP contribution is 2.23. The van der Waals surface area contributed by atoms with Gasteiger partial charge in [-0.05, 0) is 38.0 Å². The van der Waals surface area contributed by atoms with Gasteiger partial charge in [-0.2, -0.15) is 0 Å². The first-order chi connectivity index (χ1) is 9.03. The summed E-state index contributed by atoms with van der Waals surface area (Å²) in [6.45, 7) is 7.68. The van der Waals surface area contributed by atoms with Crippen LogP contribution in [0.2, 0.25) is 5.02 Å². The highest BCUT2D eigenvalue weighted by atomic mass is 35.5. The van der Waals surface area contributed by atoms with Gasteiger partial charge < -0.3 is 10.5 Å². The van der Waals surface area contributed by atoms with Crippen molar-refractivity contribution in [2.45, 2.75) is 31.9 Å². The Kier molecular flexibility index (Phi) is 4.85. The molecule has 2 unspecified atom stereocenters. The van der Waals surface area contributed by atoms with Crippen LogP contribution in [0.4, 0.5) is 0 Å². The normalized spacial score (nSPS) is 24.1. The molecular weight excluding hydrogens is 260 g/mol. The second-order valence-corrected chi connectivity index (χ2v) is 6.07.